The Labute approximate surface area is 190 Å². The molecule has 1 fully saturated rings. The number of H-pyrrole nitrogens is 1. The molecule has 5 rings (SSSR count). The Bertz CT molecular complexity index is 1160. The first-order valence-electron chi connectivity index (χ1n) is 10.6. The highest BCUT2D eigenvalue weighted by Crippen LogP contribution is 2.34. The molecule has 10 heteroatoms. The Hall–Kier alpha value is -4.05. The lowest BCUT2D eigenvalue weighted by atomic mass is 10.1. The van der Waals surface area contributed by atoms with E-state index in [2.05, 4.69) is 30.5 Å². The van der Waals surface area contributed by atoms with Crippen LogP contribution in [0.1, 0.15) is 12.0 Å². The minimum atomic E-state index is -0.0392. The Balaban J connectivity index is 1.50. The van der Waals surface area contributed by atoms with Crippen LogP contribution >= 0.6 is 0 Å². The van der Waals surface area contributed by atoms with Crippen molar-refractivity contribution in [2.45, 2.75) is 19.1 Å². The first-order chi connectivity index (χ1) is 16.3. The Morgan fingerprint density at radius 2 is 2.06 bits per heavy atom. The van der Waals surface area contributed by atoms with Crippen LogP contribution in [0.5, 0.6) is 11.6 Å². The molecule has 168 valence electrons. The molecular formula is C23H23N7O3. The number of hydrogen-bond acceptors (Lipinski definition) is 9. The SMILES string of the molecule is COc1ccc(N(Cc2cccnc2)c2ccc(-c3nn[nH]n3)cc2)nc1OC1CCOC1. The van der Waals surface area contributed by atoms with Gasteiger partial charge in [-0.25, -0.2) is 0 Å². The highest BCUT2D eigenvalue weighted by atomic mass is 16.6. The zero-order valence-corrected chi connectivity index (χ0v) is 18.1. The normalized spacial score (nSPS) is 15.4. The van der Waals surface area contributed by atoms with Crippen molar-refractivity contribution in [3.8, 4) is 23.0 Å². The van der Waals surface area contributed by atoms with Crippen LogP contribution in [-0.2, 0) is 11.3 Å². The maximum atomic E-state index is 6.12. The fourth-order valence-corrected chi connectivity index (χ4v) is 3.63. The summed E-state index contributed by atoms with van der Waals surface area (Å²) >= 11 is 0. The van der Waals surface area contributed by atoms with Gasteiger partial charge >= 0.3 is 0 Å². The van der Waals surface area contributed by atoms with Crippen molar-refractivity contribution in [1.82, 2.24) is 30.6 Å². The van der Waals surface area contributed by atoms with E-state index in [1.807, 2.05) is 54.7 Å². The Morgan fingerprint density at radius 1 is 1.15 bits per heavy atom. The third-order valence-electron chi connectivity index (χ3n) is 5.32. The number of methoxy groups -OCH3 is 1. The highest BCUT2D eigenvalue weighted by molar-refractivity contribution is 5.66. The van der Waals surface area contributed by atoms with E-state index in [0.29, 0.717) is 37.2 Å². The van der Waals surface area contributed by atoms with Gasteiger partial charge in [-0.3, -0.25) is 4.98 Å². The standard InChI is InChI=1S/C23H23N7O3/c1-31-20-8-9-21(25-23(20)33-19-10-12-32-15-19)30(14-16-3-2-11-24-13-16)18-6-4-17(5-7-18)22-26-28-29-27-22/h2-9,11,13,19H,10,12,14-15H2,1H3,(H,26,27,28,29). The fraction of sp³-hybridized carbons (Fsp3) is 0.261. The molecule has 0 saturated carbocycles. The molecule has 0 spiro atoms. The second-order valence-corrected chi connectivity index (χ2v) is 7.51. The molecule has 1 atom stereocenters. The van der Waals surface area contributed by atoms with Crippen LogP contribution in [0.3, 0.4) is 0 Å². The number of tetrazole rings is 1. The summed E-state index contributed by atoms with van der Waals surface area (Å²) in [7, 11) is 1.61. The van der Waals surface area contributed by atoms with Crippen molar-refractivity contribution in [3.05, 3.63) is 66.5 Å². The minimum Gasteiger partial charge on any atom is -0.491 e. The topological polar surface area (TPSA) is 111 Å². The van der Waals surface area contributed by atoms with Gasteiger partial charge in [0, 0.05) is 30.1 Å². The van der Waals surface area contributed by atoms with Crippen molar-refractivity contribution in [1.29, 1.82) is 0 Å². The molecule has 4 aromatic rings. The van der Waals surface area contributed by atoms with Gasteiger partial charge in [0.25, 0.3) is 5.88 Å². The van der Waals surface area contributed by atoms with Crippen LogP contribution < -0.4 is 14.4 Å². The molecule has 0 aliphatic carbocycles. The highest BCUT2D eigenvalue weighted by Gasteiger charge is 2.22. The monoisotopic (exact) mass is 445 g/mol. The molecule has 1 saturated heterocycles. The molecule has 4 heterocycles. The van der Waals surface area contributed by atoms with Gasteiger partial charge in [-0.1, -0.05) is 6.07 Å². The van der Waals surface area contributed by atoms with E-state index < -0.39 is 0 Å². The number of ether oxygens (including phenoxy) is 3. The summed E-state index contributed by atoms with van der Waals surface area (Å²) in [4.78, 5) is 11.2. The molecule has 0 amide bonds. The lowest BCUT2D eigenvalue weighted by Crippen LogP contribution is -2.20. The van der Waals surface area contributed by atoms with Gasteiger partial charge in [0.1, 0.15) is 11.9 Å². The molecular weight excluding hydrogens is 422 g/mol. The smallest absolute Gasteiger partial charge is 0.259 e. The maximum absolute atomic E-state index is 6.12. The van der Waals surface area contributed by atoms with E-state index in [4.69, 9.17) is 19.2 Å². The summed E-state index contributed by atoms with van der Waals surface area (Å²) in [5.74, 6) is 2.29. The van der Waals surface area contributed by atoms with Crippen LogP contribution in [0.15, 0.2) is 60.9 Å². The number of nitrogens with one attached hydrogen (secondary N) is 1. The van der Waals surface area contributed by atoms with Gasteiger partial charge in [-0.05, 0) is 53.2 Å². The maximum Gasteiger partial charge on any atom is 0.259 e. The number of pyridine rings is 2. The predicted octanol–water partition coefficient (Wildman–Crippen LogP) is 3.17. The zero-order valence-electron chi connectivity index (χ0n) is 18.1. The van der Waals surface area contributed by atoms with E-state index in [0.717, 1.165) is 29.1 Å². The van der Waals surface area contributed by atoms with Gasteiger partial charge in [0.2, 0.25) is 5.82 Å². The Morgan fingerprint density at radius 3 is 2.76 bits per heavy atom. The van der Waals surface area contributed by atoms with Gasteiger partial charge < -0.3 is 19.1 Å². The summed E-state index contributed by atoms with van der Waals surface area (Å²) in [6.07, 6.45) is 4.39. The number of rotatable bonds is 8. The van der Waals surface area contributed by atoms with Crippen LogP contribution in [-0.4, -0.2) is 57.0 Å². The fourth-order valence-electron chi connectivity index (χ4n) is 3.63. The van der Waals surface area contributed by atoms with Crippen LogP contribution in [0.25, 0.3) is 11.4 Å². The van der Waals surface area contributed by atoms with Crippen molar-refractivity contribution < 1.29 is 14.2 Å². The summed E-state index contributed by atoms with van der Waals surface area (Å²) in [5, 5.41) is 14.2. The van der Waals surface area contributed by atoms with E-state index in [1.54, 1.807) is 13.3 Å². The largest absolute Gasteiger partial charge is 0.491 e. The zero-order chi connectivity index (χ0) is 22.5. The number of anilines is 2. The molecule has 33 heavy (non-hydrogen) atoms. The number of benzene rings is 1. The molecule has 0 radical (unpaired) electrons. The first kappa shape index (κ1) is 20.8. The lowest BCUT2D eigenvalue weighted by molar-refractivity contribution is 0.135. The summed E-state index contributed by atoms with van der Waals surface area (Å²) in [6.45, 7) is 1.80. The number of aromatic amines is 1. The second-order valence-electron chi connectivity index (χ2n) is 7.51. The summed E-state index contributed by atoms with van der Waals surface area (Å²) in [5.41, 5.74) is 2.85. The van der Waals surface area contributed by atoms with Gasteiger partial charge in [-0.15, -0.1) is 10.2 Å². The average molecular weight is 445 g/mol. The molecule has 1 aromatic carbocycles. The number of nitrogens with zero attached hydrogens (tertiary/aromatic N) is 6. The van der Waals surface area contributed by atoms with Crippen molar-refractivity contribution in [3.63, 3.8) is 0 Å². The lowest BCUT2D eigenvalue weighted by Gasteiger charge is -2.25. The minimum absolute atomic E-state index is 0.0392. The molecule has 10 nitrogen and oxygen atoms in total. The van der Waals surface area contributed by atoms with Gasteiger partial charge in [-0.2, -0.15) is 10.2 Å². The molecule has 1 unspecified atom stereocenters. The van der Waals surface area contributed by atoms with Gasteiger partial charge in [0.05, 0.1) is 26.9 Å². The van der Waals surface area contributed by atoms with E-state index in [1.165, 1.54) is 0 Å². The molecule has 0 bridgehead atoms. The van der Waals surface area contributed by atoms with Crippen molar-refractivity contribution in [2.75, 3.05) is 25.2 Å². The number of hydrogen-bond donors (Lipinski definition) is 1. The van der Waals surface area contributed by atoms with Crippen LogP contribution in [0.2, 0.25) is 0 Å². The van der Waals surface area contributed by atoms with Crippen LogP contribution in [0.4, 0.5) is 11.5 Å². The van der Waals surface area contributed by atoms with Gasteiger partial charge in [0.15, 0.2) is 5.75 Å². The first-order valence-corrected chi connectivity index (χ1v) is 10.6. The van der Waals surface area contributed by atoms with Crippen LogP contribution in [0, 0.1) is 0 Å². The van der Waals surface area contributed by atoms with E-state index >= 15 is 0 Å². The third-order valence-corrected chi connectivity index (χ3v) is 5.32. The third kappa shape index (κ3) is 4.75. The predicted molar refractivity (Wildman–Crippen MR) is 120 cm³/mol. The van der Waals surface area contributed by atoms with Crippen molar-refractivity contribution in [2.24, 2.45) is 0 Å². The van der Waals surface area contributed by atoms with E-state index in [9.17, 15) is 0 Å². The quantitative estimate of drug-likeness (QED) is 0.437. The summed E-state index contributed by atoms with van der Waals surface area (Å²) < 4.78 is 17.0. The second kappa shape index (κ2) is 9.61. The Kier molecular flexibility index (Phi) is 6.07. The molecule has 1 aliphatic heterocycles. The number of aromatic nitrogens is 6. The summed E-state index contributed by atoms with van der Waals surface area (Å²) in [6, 6.07) is 15.6. The average Bonchev–Trinajstić information content (AvgIpc) is 3.58. The molecule has 1 aliphatic rings. The molecule has 3 aromatic heterocycles. The van der Waals surface area contributed by atoms with Crippen molar-refractivity contribution >= 4 is 11.5 Å². The van der Waals surface area contributed by atoms with E-state index in [-0.39, 0.29) is 6.10 Å². The molecule has 1 N–H and O–H groups in total.